The number of fused-ring (bicyclic) bond motifs is 1. The lowest BCUT2D eigenvalue weighted by Gasteiger charge is -2.11. The van der Waals surface area contributed by atoms with Crippen molar-refractivity contribution in [2.24, 2.45) is 0 Å². The molecule has 0 bridgehead atoms. The Hall–Kier alpha value is -2.82. The van der Waals surface area contributed by atoms with Gasteiger partial charge in [0.1, 0.15) is 11.4 Å². The van der Waals surface area contributed by atoms with Crippen molar-refractivity contribution < 1.29 is 14.6 Å². The highest BCUT2D eigenvalue weighted by molar-refractivity contribution is 5.87. The summed E-state index contributed by atoms with van der Waals surface area (Å²) >= 11 is 0. The number of methoxy groups -OCH3 is 1. The topological polar surface area (TPSA) is 75.2 Å². The Morgan fingerprint density at radius 3 is 2.80 bits per heavy atom. The fraction of sp³-hybridized carbons (Fsp3) is 0.300. The number of rotatable bonds is 6. The van der Waals surface area contributed by atoms with Gasteiger partial charge in [-0.2, -0.15) is 0 Å². The van der Waals surface area contributed by atoms with E-state index in [9.17, 15) is 4.79 Å². The minimum Gasteiger partial charge on any atom is -0.497 e. The zero-order valence-electron chi connectivity index (χ0n) is 14.7. The van der Waals surface area contributed by atoms with Crippen molar-refractivity contribution >= 4 is 16.9 Å². The molecule has 0 spiro atoms. The smallest absolute Gasteiger partial charge is 0.354 e. The number of ether oxygens (including phenoxy) is 1. The monoisotopic (exact) mass is 338 g/mol. The number of carbonyl (C=O) groups is 1. The molecule has 3 aromatic rings. The van der Waals surface area contributed by atoms with Gasteiger partial charge in [0.05, 0.1) is 7.11 Å². The molecule has 0 saturated carbocycles. The summed E-state index contributed by atoms with van der Waals surface area (Å²) in [6.45, 7) is 4.34. The summed E-state index contributed by atoms with van der Waals surface area (Å²) in [5, 5.41) is 10.3. The molecule has 1 aromatic carbocycles. The first-order valence-electron chi connectivity index (χ1n) is 8.41. The molecule has 130 valence electrons. The molecule has 25 heavy (non-hydrogen) atoms. The van der Waals surface area contributed by atoms with Crippen LogP contribution in [0.4, 0.5) is 0 Å². The molecule has 0 aliphatic carbocycles. The van der Waals surface area contributed by atoms with Crippen molar-refractivity contribution in [1.29, 1.82) is 0 Å². The number of aromatic carboxylic acids is 1. The summed E-state index contributed by atoms with van der Waals surface area (Å²) in [6.07, 6.45) is 1.60. The maximum absolute atomic E-state index is 11.2. The van der Waals surface area contributed by atoms with Gasteiger partial charge in [0.25, 0.3) is 0 Å². The first-order valence-corrected chi connectivity index (χ1v) is 8.41. The van der Waals surface area contributed by atoms with Gasteiger partial charge in [0.15, 0.2) is 0 Å². The number of aromatic nitrogens is 2. The highest BCUT2D eigenvalue weighted by Crippen LogP contribution is 2.32. The number of aromatic amines is 1. The van der Waals surface area contributed by atoms with Gasteiger partial charge in [0, 0.05) is 34.8 Å². The van der Waals surface area contributed by atoms with E-state index in [1.54, 1.807) is 13.2 Å². The molecule has 0 amide bonds. The van der Waals surface area contributed by atoms with E-state index in [1.165, 1.54) is 17.3 Å². The van der Waals surface area contributed by atoms with Crippen LogP contribution in [0.2, 0.25) is 0 Å². The molecule has 0 radical (unpaired) electrons. The van der Waals surface area contributed by atoms with Crippen molar-refractivity contribution in [3.05, 3.63) is 59.0 Å². The molecule has 1 atom stereocenters. The third-order valence-corrected chi connectivity index (χ3v) is 4.64. The number of nitrogens with one attached hydrogen (secondary N) is 1. The SMILES string of the molecule is CCC(C)c1[nH]c2cc(OC)ccc2c1Cc1cccc(C(=O)O)n1. The van der Waals surface area contributed by atoms with E-state index in [-0.39, 0.29) is 5.69 Å². The quantitative estimate of drug-likeness (QED) is 0.699. The van der Waals surface area contributed by atoms with E-state index in [0.717, 1.165) is 28.8 Å². The molecule has 2 N–H and O–H groups in total. The molecule has 0 saturated heterocycles. The maximum atomic E-state index is 11.2. The van der Waals surface area contributed by atoms with Crippen molar-refractivity contribution in [2.75, 3.05) is 7.11 Å². The number of carboxylic acid groups (broad SMARTS) is 1. The Labute approximate surface area is 146 Å². The number of carboxylic acids is 1. The van der Waals surface area contributed by atoms with Crippen molar-refractivity contribution in [3.63, 3.8) is 0 Å². The summed E-state index contributed by atoms with van der Waals surface area (Å²) < 4.78 is 5.32. The fourth-order valence-electron chi connectivity index (χ4n) is 3.08. The van der Waals surface area contributed by atoms with Gasteiger partial charge in [0.2, 0.25) is 0 Å². The average molecular weight is 338 g/mol. The molecule has 2 heterocycles. The van der Waals surface area contributed by atoms with Crippen LogP contribution in [0.3, 0.4) is 0 Å². The van der Waals surface area contributed by atoms with Crippen LogP contribution in [-0.4, -0.2) is 28.2 Å². The highest BCUT2D eigenvalue weighted by atomic mass is 16.5. The van der Waals surface area contributed by atoms with Gasteiger partial charge >= 0.3 is 5.97 Å². The maximum Gasteiger partial charge on any atom is 0.354 e. The number of pyridine rings is 1. The molecule has 5 nitrogen and oxygen atoms in total. The number of nitrogens with zero attached hydrogens (tertiary/aromatic N) is 1. The van der Waals surface area contributed by atoms with Gasteiger partial charge in [-0.05, 0) is 42.2 Å². The second-order valence-electron chi connectivity index (χ2n) is 6.23. The molecule has 0 aliphatic heterocycles. The van der Waals surface area contributed by atoms with Crippen molar-refractivity contribution in [2.45, 2.75) is 32.6 Å². The highest BCUT2D eigenvalue weighted by Gasteiger charge is 2.17. The summed E-state index contributed by atoms with van der Waals surface area (Å²) in [6, 6.07) is 11.1. The molecule has 0 fully saturated rings. The van der Waals surface area contributed by atoms with E-state index in [1.807, 2.05) is 24.3 Å². The molecule has 2 aromatic heterocycles. The zero-order chi connectivity index (χ0) is 18.0. The predicted octanol–water partition coefficient (Wildman–Crippen LogP) is 4.37. The summed E-state index contributed by atoms with van der Waals surface area (Å²) in [4.78, 5) is 19.0. The number of hydrogen-bond acceptors (Lipinski definition) is 3. The van der Waals surface area contributed by atoms with E-state index in [4.69, 9.17) is 9.84 Å². The average Bonchev–Trinajstić information content (AvgIpc) is 2.98. The van der Waals surface area contributed by atoms with Gasteiger partial charge in [-0.3, -0.25) is 0 Å². The van der Waals surface area contributed by atoms with Gasteiger partial charge in [-0.25, -0.2) is 9.78 Å². The Kier molecular flexibility index (Phi) is 4.74. The molecule has 1 unspecified atom stereocenters. The van der Waals surface area contributed by atoms with Gasteiger partial charge < -0.3 is 14.8 Å². The Morgan fingerprint density at radius 2 is 2.12 bits per heavy atom. The molecule has 5 heteroatoms. The molecular weight excluding hydrogens is 316 g/mol. The van der Waals surface area contributed by atoms with Crippen LogP contribution >= 0.6 is 0 Å². The van der Waals surface area contributed by atoms with E-state index >= 15 is 0 Å². The Bertz CT molecular complexity index is 914. The normalized spacial score (nSPS) is 12.3. The van der Waals surface area contributed by atoms with Crippen molar-refractivity contribution in [1.82, 2.24) is 9.97 Å². The minimum atomic E-state index is -1.01. The third-order valence-electron chi connectivity index (χ3n) is 4.64. The van der Waals surface area contributed by atoms with Crippen LogP contribution in [-0.2, 0) is 6.42 Å². The second kappa shape index (κ2) is 6.97. The summed E-state index contributed by atoms with van der Waals surface area (Å²) in [7, 11) is 1.65. The predicted molar refractivity (Wildman–Crippen MR) is 97.6 cm³/mol. The minimum absolute atomic E-state index is 0.0732. The first-order chi connectivity index (χ1) is 12.0. The number of benzene rings is 1. The van der Waals surface area contributed by atoms with E-state index < -0.39 is 5.97 Å². The molecule has 3 rings (SSSR count). The second-order valence-corrected chi connectivity index (χ2v) is 6.23. The lowest BCUT2D eigenvalue weighted by molar-refractivity contribution is 0.0690. The van der Waals surface area contributed by atoms with Crippen LogP contribution in [0.15, 0.2) is 36.4 Å². The lowest BCUT2D eigenvalue weighted by atomic mass is 9.96. The van der Waals surface area contributed by atoms with Gasteiger partial charge in [-0.15, -0.1) is 0 Å². The summed E-state index contributed by atoms with van der Waals surface area (Å²) in [5.74, 6) is 0.172. The zero-order valence-corrected chi connectivity index (χ0v) is 14.7. The van der Waals surface area contributed by atoms with Crippen LogP contribution in [0.1, 0.15) is 53.6 Å². The Morgan fingerprint density at radius 1 is 1.32 bits per heavy atom. The largest absolute Gasteiger partial charge is 0.497 e. The van der Waals surface area contributed by atoms with Crippen molar-refractivity contribution in [3.8, 4) is 5.75 Å². The standard InChI is InChI=1S/C20H22N2O3/c1-4-12(2)19-16(10-13-6-5-7-17(21-13)20(23)24)15-9-8-14(25-3)11-18(15)22-19/h5-9,11-12,22H,4,10H2,1-3H3,(H,23,24). The summed E-state index contributed by atoms with van der Waals surface area (Å²) in [5.41, 5.74) is 4.19. The van der Waals surface area contributed by atoms with Crippen LogP contribution < -0.4 is 4.74 Å². The Balaban J connectivity index is 2.10. The number of H-pyrrole nitrogens is 1. The molecular formula is C20H22N2O3. The lowest BCUT2D eigenvalue weighted by Crippen LogP contribution is -2.04. The third kappa shape index (κ3) is 3.36. The molecule has 0 aliphatic rings. The van der Waals surface area contributed by atoms with Crippen LogP contribution in [0, 0.1) is 0 Å². The van der Waals surface area contributed by atoms with Crippen LogP contribution in [0.25, 0.3) is 10.9 Å². The van der Waals surface area contributed by atoms with E-state index in [0.29, 0.717) is 12.3 Å². The van der Waals surface area contributed by atoms with Crippen LogP contribution in [0.5, 0.6) is 5.75 Å². The fourth-order valence-corrected chi connectivity index (χ4v) is 3.08. The van der Waals surface area contributed by atoms with E-state index in [2.05, 4.69) is 23.8 Å². The number of hydrogen-bond donors (Lipinski definition) is 2. The van der Waals surface area contributed by atoms with Gasteiger partial charge in [-0.1, -0.05) is 19.9 Å². The first kappa shape index (κ1) is 17.0.